The van der Waals surface area contributed by atoms with Gasteiger partial charge in [0.15, 0.2) is 0 Å². The van der Waals surface area contributed by atoms with Gasteiger partial charge in [0.25, 0.3) is 0 Å². The maximum Gasteiger partial charge on any atom is 0.419 e. The van der Waals surface area contributed by atoms with Crippen molar-refractivity contribution in [1.29, 1.82) is 0 Å². The highest BCUT2D eigenvalue weighted by Crippen LogP contribution is 2.35. The van der Waals surface area contributed by atoms with Gasteiger partial charge in [0, 0.05) is 11.8 Å². The van der Waals surface area contributed by atoms with Crippen molar-refractivity contribution in [1.82, 2.24) is 9.55 Å². The second kappa shape index (κ2) is 5.49. The minimum atomic E-state index is -4.67. The van der Waals surface area contributed by atoms with Crippen molar-refractivity contribution in [2.45, 2.75) is 12.7 Å². The number of fused-ring (bicyclic) bond motifs is 1. The molecule has 0 aliphatic heterocycles. The van der Waals surface area contributed by atoms with Crippen LogP contribution in [0.25, 0.3) is 11.0 Å². The highest BCUT2D eigenvalue weighted by Gasteiger charge is 2.34. The van der Waals surface area contributed by atoms with E-state index in [1.807, 2.05) is 0 Å². The lowest BCUT2D eigenvalue weighted by molar-refractivity contribution is -0.137. The average Bonchev–Trinajstić information content (AvgIpc) is 2.83. The lowest BCUT2D eigenvalue weighted by Gasteiger charge is -2.11. The van der Waals surface area contributed by atoms with Gasteiger partial charge >= 0.3 is 6.18 Å². The van der Waals surface area contributed by atoms with Crippen LogP contribution in [-0.2, 0) is 12.7 Å². The molecular weight excluding hydrogens is 339 g/mol. The van der Waals surface area contributed by atoms with Crippen molar-refractivity contribution >= 4 is 22.6 Å². The van der Waals surface area contributed by atoms with Crippen molar-refractivity contribution in [2.75, 3.05) is 0 Å². The topological polar surface area (TPSA) is 17.8 Å². The second-order valence-electron chi connectivity index (χ2n) is 4.87. The molecule has 0 atom stereocenters. The van der Waals surface area contributed by atoms with E-state index >= 15 is 0 Å². The number of rotatable bonds is 2. The molecule has 120 valence electrons. The SMILES string of the molecule is Fc1cccc(F)c1Cn1ccc2nc(Cl)c(C(F)(F)F)cc21. The zero-order chi connectivity index (χ0) is 16.8. The standard InChI is InChI=1S/C15H8ClF5N2/c16-14-9(15(19,20)21)6-13-12(22-14)4-5-23(13)7-8-10(17)2-1-3-11(8)18/h1-6H,7H2. The van der Waals surface area contributed by atoms with Gasteiger partial charge in [0.2, 0.25) is 0 Å². The monoisotopic (exact) mass is 346 g/mol. The van der Waals surface area contributed by atoms with Crippen LogP contribution in [0, 0.1) is 11.6 Å². The summed E-state index contributed by atoms with van der Waals surface area (Å²) in [6.07, 6.45) is -3.27. The van der Waals surface area contributed by atoms with Crippen molar-refractivity contribution < 1.29 is 22.0 Å². The van der Waals surface area contributed by atoms with Gasteiger partial charge in [0.1, 0.15) is 16.8 Å². The van der Waals surface area contributed by atoms with E-state index < -0.39 is 28.5 Å². The molecule has 0 amide bonds. The molecule has 8 heteroatoms. The lowest BCUT2D eigenvalue weighted by atomic mass is 10.2. The van der Waals surface area contributed by atoms with E-state index in [0.717, 1.165) is 18.2 Å². The first-order chi connectivity index (χ1) is 10.8. The minimum Gasteiger partial charge on any atom is -0.341 e. The lowest BCUT2D eigenvalue weighted by Crippen LogP contribution is -2.08. The van der Waals surface area contributed by atoms with Crippen LogP contribution in [-0.4, -0.2) is 9.55 Å². The summed E-state index contributed by atoms with van der Waals surface area (Å²) in [4.78, 5) is 3.69. The molecule has 2 nitrogen and oxygen atoms in total. The molecule has 0 radical (unpaired) electrons. The molecule has 3 aromatic rings. The molecule has 1 aromatic carbocycles. The van der Waals surface area contributed by atoms with Gasteiger partial charge in [0.05, 0.1) is 23.1 Å². The van der Waals surface area contributed by atoms with E-state index in [4.69, 9.17) is 11.6 Å². The molecule has 23 heavy (non-hydrogen) atoms. The third-order valence-corrected chi connectivity index (χ3v) is 3.69. The molecule has 0 aliphatic carbocycles. The molecule has 0 saturated carbocycles. The van der Waals surface area contributed by atoms with Crippen molar-refractivity contribution in [2.24, 2.45) is 0 Å². The number of aromatic nitrogens is 2. The van der Waals surface area contributed by atoms with E-state index in [9.17, 15) is 22.0 Å². The third-order valence-electron chi connectivity index (χ3n) is 3.40. The number of halogens is 6. The van der Waals surface area contributed by atoms with Crippen LogP contribution in [0.1, 0.15) is 11.1 Å². The van der Waals surface area contributed by atoms with Crippen molar-refractivity contribution in [3.05, 3.63) is 64.4 Å². The molecule has 0 aliphatic rings. The second-order valence-corrected chi connectivity index (χ2v) is 5.23. The molecule has 0 N–H and O–H groups in total. The zero-order valence-corrected chi connectivity index (χ0v) is 12.1. The van der Waals surface area contributed by atoms with Crippen LogP contribution < -0.4 is 0 Å². The van der Waals surface area contributed by atoms with Gasteiger partial charge in [-0.25, -0.2) is 13.8 Å². The zero-order valence-electron chi connectivity index (χ0n) is 11.3. The molecule has 0 saturated heterocycles. The molecule has 2 heterocycles. The molecule has 0 spiro atoms. The van der Waals surface area contributed by atoms with E-state index in [0.29, 0.717) is 0 Å². The Hall–Kier alpha value is -2.15. The average molecular weight is 347 g/mol. The molecule has 2 aromatic heterocycles. The summed E-state index contributed by atoms with van der Waals surface area (Å²) >= 11 is 5.55. The Morgan fingerprint density at radius 3 is 2.35 bits per heavy atom. The third kappa shape index (κ3) is 2.88. The summed E-state index contributed by atoms with van der Waals surface area (Å²) in [7, 11) is 0. The van der Waals surface area contributed by atoms with Gasteiger partial charge in [-0.1, -0.05) is 17.7 Å². The van der Waals surface area contributed by atoms with Crippen molar-refractivity contribution in [3.8, 4) is 0 Å². The summed E-state index contributed by atoms with van der Waals surface area (Å²) in [6, 6.07) is 5.63. The molecule has 0 fully saturated rings. The Balaban J connectivity index is 2.12. The Morgan fingerprint density at radius 2 is 1.74 bits per heavy atom. The Labute approximate surface area is 132 Å². The Morgan fingerprint density at radius 1 is 1.09 bits per heavy atom. The molecule has 3 rings (SSSR count). The van der Waals surface area contributed by atoms with Crippen molar-refractivity contribution in [3.63, 3.8) is 0 Å². The first kappa shape index (κ1) is 15.7. The van der Waals surface area contributed by atoms with Crippen LogP contribution in [0.3, 0.4) is 0 Å². The van der Waals surface area contributed by atoms with E-state index in [2.05, 4.69) is 4.98 Å². The number of hydrogen-bond donors (Lipinski definition) is 0. The van der Waals surface area contributed by atoms with Gasteiger partial charge in [-0.15, -0.1) is 0 Å². The number of hydrogen-bond acceptors (Lipinski definition) is 1. The Kier molecular flexibility index (Phi) is 3.75. The van der Waals surface area contributed by atoms with Gasteiger partial charge in [-0.2, -0.15) is 13.2 Å². The highest BCUT2D eigenvalue weighted by atomic mass is 35.5. The summed E-state index contributed by atoms with van der Waals surface area (Å²) in [5, 5.41) is -0.667. The first-order valence-electron chi connectivity index (χ1n) is 6.43. The van der Waals surface area contributed by atoms with Crippen LogP contribution in [0.2, 0.25) is 5.15 Å². The number of nitrogens with zero attached hydrogens (tertiary/aromatic N) is 2. The van der Waals surface area contributed by atoms with Gasteiger partial charge in [-0.05, 0) is 24.3 Å². The van der Waals surface area contributed by atoms with E-state index in [-0.39, 0.29) is 23.1 Å². The fourth-order valence-corrected chi connectivity index (χ4v) is 2.53. The van der Waals surface area contributed by atoms with E-state index in [1.54, 1.807) is 0 Å². The number of pyridine rings is 1. The maximum atomic E-state index is 13.7. The molecule has 0 unspecified atom stereocenters. The predicted octanol–water partition coefficient (Wildman–Crippen LogP) is 5.04. The fraction of sp³-hybridized carbons (Fsp3) is 0.133. The summed E-state index contributed by atoms with van der Waals surface area (Å²) in [5.74, 6) is -1.55. The van der Waals surface area contributed by atoms with Crippen LogP contribution in [0.15, 0.2) is 36.5 Å². The van der Waals surface area contributed by atoms with Crippen LogP contribution >= 0.6 is 11.6 Å². The highest BCUT2D eigenvalue weighted by molar-refractivity contribution is 6.30. The summed E-state index contributed by atoms with van der Waals surface area (Å²) < 4.78 is 67.4. The quantitative estimate of drug-likeness (QED) is 0.470. The Bertz CT molecular complexity index is 865. The number of alkyl halides is 3. The largest absolute Gasteiger partial charge is 0.419 e. The van der Waals surface area contributed by atoms with Crippen LogP contribution in [0.5, 0.6) is 0 Å². The van der Waals surface area contributed by atoms with Crippen LogP contribution in [0.4, 0.5) is 22.0 Å². The molecular formula is C15H8ClF5N2. The normalized spacial score (nSPS) is 12.1. The summed E-state index contributed by atoms with van der Waals surface area (Å²) in [6.45, 7) is -0.261. The first-order valence-corrected chi connectivity index (χ1v) is 6.80. The van der Waals surface area contributed by atoms with Gasteiger partial charge in [-0.3, -0.25) is 0 Å². The van der Waals surface area contributed by atoms with Gasteiger partial charge < -0.3 is 4.57 Å². The summed E-state index contributed by atoms with van der Waals surface area (Å²) in [5.41, 5.74) is -1.04. The smallest absolute Gasteiger partial charge is 0.341 e. The molecule has 0 bridgehead atoms. The maximum absolute atomic E-state index is 13.7. The number of benzene rings is 1. The minimum absolute atomic E-state index is 0.0874. The predicted molar refractivity (Wildman–Crippen MR) is 75.2 cm³/mol. The van der Waals surface area contributed by atoms with E-state index in [1.165, 1.54) is 22.9 Å². The fourth-order valence-electron chi connectivity index (χ4n) is 2.28.